The van der Waals surface area contributed by atoms with E-state index >= 15 is 0 Å². The van der Waals surface area contributed by atoms with E-state index in [9.17, 15) is 4.79 Å². The first kappa shape index (κ1) is 19.8. The van der Waals surface area contributed by atoms with Gasteiger partial charge in [-0.05, 0) is 36.8 Å². The summed E-state index contributed by atoms with van der Waals surface area (Å²) in [6, 6.07) is 8.63. The molecular formula is C20H25N5O3. The summed E-state index contributed by atoms with van der Waals surface area (Å²) in [7, 11) is 0. The van der Waals surface area contributed by atoms with Crippen LogP contribution < -0.4 is 16.6 Å². The summed E-state index contributed by atoms with van der Waals surface area (Å²) >= 11 is 0. The number of hydrogen-bond acceptors (Lipinski definition) is 7. The molecule has 3 rings (SSSR count). The minimum atomic E-state index is -1.01. The Morgan fingerprint density at radius 3 is 2.64 bits per heavy atom. The fourth-order valence-electron chi connectivity index (χ4n) is 2.99. The van der Waals surface area contributed by atoms with Crippen LogP contribution in [0.2, 0.25) is 0 Å². The largest absolute Gasteiger partial charge is 0.478 e. The zero-order valence-corrected chi connectivity index (χ0v) is 15.8. The van der Waals surface area contributed by atoms with Gasteiger partial charge >= 0.3 is 5.97 Å². The van der Waals surface area contributed by atoms with Crippen molar-refractivity contribution in [3.05, 3.63) is 65.1 Å². The third kappa shape index (κ3) is 4.86. The highest BCUT2D eigenvalue weighted by Crippen LogP contribution is 2.21. The number of pyridine rings is 1. The number of hydrogen-bond donors (Lipinski definition) is 3. The standard InChI is InChI=1S/C20H25N5O3/c1-14-2-3-15(20(26)27)10-19(14)25(22)13-18(21)16-4-5-17(23-11-16)12-24-6-8-28-9-7-24/h2-5,10-11,13H,6-9,12,21-22H2,1H3,(H,26,27)/b18-13-. The molecule has 8 nitrogen and oxygen atoms in total. The summed E-state index contributed by atoms with van der Waals surface area (Å²) in [6.07, 6.45) is 3.28. The normalized spacial score (nSPS) is 15.4. The number of anilines is 1. The second kappa shape index (κ2) is 8.83. The van der Waals surface area contributed by atoms with E-state index in [-0.39, 0.29) is 5.56 Å². The molecule has 0 unspecified atom stereocenters. The lowest BCUT2D eigenvalue weighted by atomic mass is 10.1. The van der Waals surface area contributed by atoms with Gasteiger partial charge in [0.05, 0.1) is 35.9 Å². The summed E-state index contributed by atoms with van der Waals surface area (Å²) in [5, 5.41) is 10.5. The molecule has 2 heterocycles. The molecule has 0 atom stereocenters. The number of nitrogens with two attached hydrogens (primary N) is 2. The quantitative estimate of drug-likeness (QED) is 0.508. The van der Waals surface area contributed by atoms with Crippen molar-refractivity contribution < 1.29 is 14.6 Å². The molecule has 0 spiro atoms. The number of hydrazine groups is 1. The van der Waals surface area contributed by atoms with Crippen LogP contribution in [0.15, 0.2) is 42.7 Å². The number of ether oxygens (including phenoxy) is 1. The maximum Gasteiger partial charge on any atom is 0.335 e. The van der Waals surface area contributed by atoms with Crippen LogP contribution in [0.5, 0.6) is 0 Å². The predicted molar refractivity (Wildman–Crippen MR) is 107 cm³/mol. The Hall–Kier alpha value is -2.94. The van der Waals surface area contributed by atoms with Crippen molar-refractivity contribution in [2.45, 2.75) is 13.5 Å². The van der Waals surface area contributed by atoms with E-state index in [0.29, 0.717) is 11.4 Å². The number of aryl methyl sites for hydroxylation is 1. The molecule has 0 saturated carbocycles. The number of morpholine rings is 1. The van der Waals surface area contributed by atoms with Crippen LogP contribution in [0.4, 0.5) is 5.69 Å². The van der Waals surface area contributed by atoms with Crippen LogP contribution in [0.3, 0.4) is 0 Å². The predicted octanol–water partition coefficient (Wildman–Crippen LogP) is 1.56. The Labute approximate surface area is 164 Å². The van der Waals surface area contributed by atoms with Gasteiger partial charge in [-0.25, -0.2) is 10.6 Å². The number of rotatable bonds is 6. The number of aromatic carboxylic acids is 1. The van der Waals surface area contributed by atoms with E-state index in [1.807, 2.05) is 19.1 Å². The molecule has 0 amide bonds. The Bertz CT molecular complexity index is 861. The van der Waals surface area contributed by atoms with Gasteiger partial charge in [0.1, 0.15) is 0 Å². The van der Waals surface area contributed by atoms with Gasteiger partial charge in [0, 0.05) is 37.6 Å². The molecule has 2 aromatic rings. The van der Waals surface area contributed by atoms with Gasteiger partial charge in [0.2, 0.25) is 0 Å². The molecule has 1 fully saturated rings. The summed E-state index contributed by atoms with van der Waals surface area (Å²) in [4.78, 5) is 18.0. The number of benzene rings is 1. The molecule has 0 radical (unpaired) electrons. The maximum absolute atomic E-state index is 11.2. The fraction of sp³-hybridized carbons (Fsp3) is 0.300. The van der Waals surface area contributed by atoms with E-state index in [1.54, 1.807) is 24.5 Å². The second-order valence-electron chi connectivity index (χ2n) is 6.72. The third-order valence-electron chi connectivity index (χ3n) is 4.66. The molecule has 1 aliphatic rings. The van der Waals surface area contributed by atoms with Crippen molar-refractivity contribution in [2.75, 3.05) is 31.3 Å². The van der Waals surface area contributed by atoms with Crippen LogP contribution >= 0.6 is 0 Å². The lowest BCUT2D eigenvalue weighted by molar-refractivity contribution is 0.0336. The monoisotopic (exact) mass is 383 g/mol. The SMILES string of the molecule is Cc1ccc(C(=O)O)cc1N(N)/C=C(\N)c1ccc(CN2CCOCC2)nc1. The second-order valence-corrected chi connectivity index (χ2v) is 6.72. The molecule has 148 valence electrons. The molecule has 5 N–H and O–H groups in total. The number of aromatic nitrogens is 1. The topological polar surface area (TPSA) is 118 Å². The Balaban J connectivity index is 1.72. The van der Waals surface area contributed by atoms with Gasteiger partial charge < -0.3 is 15.6 Å². The summed E-state index contributed by atoms with van der Waals surface area (Å²) in [5.74, 6) is 5.09. The summed E-state index contributed by atoms with van der Waals surface area (Å²) < 4.78 is 5.36. The average Bonchev–Trinajstić information content (AvgIpc) is 2.69. The zero-order valence-electron chi connectivity index (χ0n) is 15.8. The first-order valence-electron chi connectivity index (χ1n) is 9.04. The van der Waals surface area contributed by atoms with E-state index in [0.717, 1.165) is 49.7 Å². The van der Waals surface area contributed by atoms with E-state index in [4.69, 9.17) is 21.4 Å². The number of carboxylic acids is 1. The lowest BCUT2D eigenvalue weighted by Gasteiger charge is -2.26. The molecule has 1 aromatic carbocycles. The molecular weight excluding hydrogens is 358 g/mol. The third-order valence-corrected chi connectivity index (χ3v) is 4.66. The van der Waals surface area contributed by atoms with Crippen molar-refractivity contribution >= 4 is 17.4 Å². The molecule has 0 bridgehead atoms. The van der Waals surface area contributed by atoms with Gasteiger partial charge in [-0.1, -0.05) is 6.07 Å². The first-order chi connectivity index (χ1) is 13.4. The van der Waals surface area contributed by atoms with Crippen LogP contribution in [0, 0.1) is 6.92 Å². The van der Waals surface area contributed by atoms with Crippen LogP contribution in [0.25, 0.3) is 5.70 Å². The molecule has 1 saturated heterocycles. The average molecular weight is 383 g/mol. The molecule has 1 aromatic heterocycles. The summed E-state index contributed by atoms with van der Waals surface area (Å²) in [6.45, 7) is 5.94. The fourth-order valence-corrected chi connectivity index (χ4v) is 2.99. The molecule has 1 aliphatic heterocycles. The number of carbonyl (C=O) groups is 1. The first-order valence-corrected chi connectivity index (χ1v) is 9.04. The Morgan fingerprint density at radius 1 is 1.29 bits per heavy atom. The maximum atomic E-state index is 11.2. The lowest BCUT2D eigenvalue weighted by Crippen LogP contribution is -2.35. The van der Waals surface area contributed by atoms with Gasteiger partial charge in [0.15, 0.2) is 0 Å². The number of nitrogens with zero attached hydrogens (tertiary/aromatic N) is 3. The number of carboxylic acid groups (broad SMARTS) is 1. The van der Waals surface area contributed by atoms with Crippen molar-refractivity contribution in [3.63, 3.8) is 0 Å². The summed E-state index contributed by atoms with van der Waals surface area (Å²) in [5.41, 5.74) is 9.90. The van der Waals surface area contributed by atoms with Crippen molar-refractivity contribution in [3.8, 4) is 0 Å². The van der Waals surface area contributed by atoms with Crippen LogP contribution in [-0.2, 0) is 11.3 Å². The minimum absolute atomic E-state index is 0.164. The van der Waals surface area contributed by atoms with E-state index in [2.05, 4.69) is 9.88 Å². The van der Waals surface area contributed by atoms with Gasteiger partial charge in [-0.3, -0.25) is 14.9 Å². The van der Waals surface area contributed by atoms with Crippen molar-refractivity contribution in [2.24, 2.45) is 11.6 Å². The van der Waals surface area contributed by atoms with E-state index < -0.39 is 5.97 Å². The smallest absolute Gasteiger partial charge is 0.335 e. The van der Waals surface area contributed by atoms with E-state index in [1.165, 1.54) is 11.1 Å². The highest BCUT2D eigenvalue weighted by atomic mass is 16.5. The van der Waals surface area contributed by atoms with Gasteiger partial charge in [0.25, 0.3) is 0 Å². The minimum Gasteiger partial charge on any atom is -0.478 e. The molecule has 28 heavy (non-hydrogen) atoms. The van der Waals surface area contributed by atoms with Crippen molar-refractivity contribution in [1.29, 1.82) is 0 Å². The Kier molecular flexibility index (Phi) is 6.25. The highest BCUT2D eigenvalue weighted by Gasteiger charge is 2.12. The molecule has 0 aliphatic carbocycles. The van der Waals surface area contributed by atoms with Gasteiger partial charge in [-0.2, -0.15) is 0 Å². The van der Waals surface area contributed by atoms with Crippen molar-refractivity contribution in [1.82, 2.24) is 9.88 Å². The van der Waals surface area contributed by atoms with Crippen LogP contribution in [-0.4, -0.2) is 47.3 Å². The highest BCUT2D eigenvalue weighted by molar-refractivity contribution is 5.89. The Morgan fingerprint density at radius 2 is 2.00 bits per heavy atom. The zero-order chi connectivity index (χ0) is 20.1. The van der Waals surface area contributed by atoms with Gasteiger partial charge in [-0.15, -0.1) is 0 Å². The van der Waals surface area contributed by atoms with Crippen LogP contribution in [0.1, 0.15) is 27.2 Å². The molecule has 8 heteroatoms.